The van der Waals surface area contributed by atoms with Crippen LogP contribution in [0.4, 0.5) is 10.5 Å². The zero-order valence-corrected chi connectivity index (χ0v) is 14.7. The van der Waals surface area contributed by atoms with E-state index in [2.05, 4.69) is 13.8 Å². The third-order valence-corrected chi connectivity index (χ3v) is 4.11. The van der Waals surface area contributed by atoms with Gasteiger partial charge < -0.3 is 0 Å². The van der Waals surface area contributed by atoms with Crippen LogP contribution in [0.5, 0.6) is 0 Å². The quantitative estimate of drug-likeness (QED) is 0.680. The van der Waals surface area contributed by atoms with Crippen molar-refractivity contribution in [3.63, 3.8) is 0 Å². The number of carbonyl (C=O) groups is 1. The summed E-state index contributed by atoms with van der Waals surface area (Å²) in [5.74, 6) is 0. The van der Waals surface area contributed by atoms with Crippen LogP contribution in [0.3, 0.4) is 0 Å². The molecule has 0 spiro atoms. The van der Waals surface area contributed by atoms with Gasteiger partial charge in [0.2, 0.25) is 0 Å². The lowest BCUT2D eigenvalue weighted by molar-refractivity contribution is -0.153. The fourth-order valence-corrected chi connectivity index (χ4v) is 2.57. The van der Waals surface area contributed by atoms with E-state index in [-0.39, 0.29) is 12.1 Å². The molecule has 0 unspecified atom stereocenters. The number of carbonyl (C=O) groups excluding carboxylic acids is 1. The van der Waals surface area contributed by atoms with Gasteiger partial charge in [-0.3, -0.25) is 9.74 Å². The molecule has 2 aromatic rings. The Morgan fingerprint density at radius 3 is 2.04 bits per heavy atom. The zero-order valence-electron chi connectivity index (χ0n) is 14.7. The van der Waals surface area contributed by atoms with Crippen LogP contribution in [0.15, 0.2) is 60.7 Å². The van der Waals surface area contributed by atoms with Crippen LogP contribution < -0.4 is 4.90 Å². The van der Waals surface area contributed by atoms with Crippen LogP contribution >= 0.6 is 0 Å². The van der Waals surface area contributed by atoms with E-state index in [1.807, 2.05) is 60.7 Å². The van der Waals surface area contributed by atoms with Gasteiger partial charge in [0.25, 0.3) is 0 Å². The number of benzene rings is 2. The average molecular weight is 326 g/mol. The Hall–Kier alpha value is -2.33. The lowest BCUT2D eigenvalue weighted by Gasteiger charge is -2.32. The Kier molecular flexibility index (Phi) is 6.82. The molecule has 4 heteroatoms. The van der Waals surface area contributed by atoms with E-state index in [1.165, 1.54) is 5.06 Å². The van der Waals surface area contributed by atoms with Crippen LogP contribution in [-0.2, 0) is 11.4 Å². The zero-order chi connectivity index (χ0) is 17.4. The first kappa shape index (κ1) is 18.0. The van der Waals surface area contributed by atoms with Crippen molar-refractivity contribution in [3.05, 3.63) is 66.2 Å². The van der Waals surface area contributed by atoms with Crippen molar-refractivity contribution in [2.24, 2.45) is 0 Å². The summed E-state index contributed by atoms with van der Waals surface area (Å²) < 4.78 is 0. The van der Waals surface area contributed by atoms with E-state index in [9.17, 15) is 4.79 Å². The lowest BCUT2D eigenvalue weighted by Crippen LogP contribution is -2.46. The van der Waals surface area contributed by atoms with E-state index in [4.69, 9.17) is 4.84 Å². The molecule has 24 heavy (non-hydrogen) atoms. The number of amides is 2. The van der Waals surface area contributed by atoms with Crippen molar-refractivity contribution in [1.29, 1.82) is 0 Å². The van der Waals surface area contributed by atoms with Gasteiger partial charge in [0.1, 0.15) is 6.61 Å². The van der Waals surface area contributed by atoms with Crippen LogP contribution in [0.25, 0.3) is 0 Å². The predicted octanol–water partition coefficient (Wildman–Crippen LogP) is 4.87. The largest absolute Gasteiger partial charge is 0.348 e. The molecule has 0 radical (unpaired) electrons. The molecule has 128 valence electrons. The minimum absolute atomic E-state index is 0.0485. The highest BCUT2D eigenvalue weighted by molar-refractivity contribution is 5.90. The van der Waals surface area contributed by atoms with Crippen LogP contribution in [-0.4, -0.2) is 24.2 Å². The Bertz CT molecular complexity index is 612. The first-order chi connectivity index (χ1) is 11.7. The summed E-state index contributed by atoms with van der Waals surface area (Å²) in [7, 11) is 1.78. The lowest BCUT2D eigenvalue weighted by atomic mass is 10.2. The molecule has 0 saturated heterocycles. The Balaban J connectivity index is 2.14. The second-order valence-corrected chi connectivity index (χ2v) is 5.73. The minimum Gasteiger partial charge on any atom is -0.296 e. The van der Waals surface area contributed by atoms with Gasteiger partial charge in [-0.25, -0.2) is 4.79 Å². The number of hydroxylamine groups is 2. The number of hydrogen-bond acceptors (Lipinski definition) is 2. The predicted molar refractivity (Wildman–Crippen MR) is 97.7 cm³/mol. The van der Waals surface area contributed by atoms with Crippen molar-refractivity contribution in [2.45, 2.75) is 39.3 Å². The third kappa shape index (κ3) is 4.59. The maximum Gasteiger partial charge on any atom is 0.348 e. The summed E-state index contributed by atoms with van der Waals surface area (Å²) in [5.41, 5.74) is 1.89. The first-order valence-corrected chi connectivity index (χ1v) is 8.46. The molecule has 0 aliphatic heterocycles. The molecule has 4 nitrogen and oxygen atoms in total. The normalized spacial score (nSPS) is 10.7. The molecule has 0 N–H and O–H groups in total. The Morgan fingerprint density at radius 2 is 1.50 bits per heavy atom. The first-order valence-electron chi connectivity index (χ1n) is 8.46. The number of nitrogens with zero attached hydrogens (tertiary/aromatic N) is 2. The van der Waals surface area contributed by atoms with Crippen molar-refractivity contribution < 1.29 is 9.63 Å². The summed E-state index contributed by atoms with van der Waals surface area (Å²) in [4.78, 5) is 20.5. The average Bonchev–Trinajstić information content (AvgIpc) is 2.65. The second-order valence-electron chi connectivity index (χ2n) is 5.73. The van der Waals surface area contributed by atoms with Gasteiger partial charge in [-0.15, -0.1) is 0 Å². The molecule has 2 rings (SSSR count). The minimum atomic E-state index is -0.147. The van der Waals surface area contributed by atoms with Crippen molar-refractivity contribution >= 4 is 11.7 Å². The smallest absolute Gasteiger partial charge is 0.296 e. The number of hydrogen-bond donors (Lipinski definition) is 0. The number of urea groups is 1. The maximum atomic E-state index is 13.0. The summed E-state index contributed by atoms with van der Waals surface area (Å²) >= 11 is 0. The van der Waals surface area contributed by atoms with E-state index in [1.54, 1.807) is 11.9 Å². The Labute approximate surface area is 144 Å². The standard InChI is InChI=1S/C20H26N2O2/c1-4-18(5-2)22(24-16-17-12-8-6-9-13-17)20(23)21(3)19-14-10-7-11-15-19/h6-15,18H,4-5,16H2,1-3H3. The molecular formula is C20H26N2O2. The summed E-state index contributed by atoms with van der Waals surface area (Å²) in [6.45, 7) is 4.53. The van der Waals surface area contributed by atoms with Gasteiger partial charge in [-0.05, 0) is 30.5 Å². The van der Waals surface area contributed by atoms with E-state index in [0.29, 0.717) is 6.61 Å². The number of rotatable bonds is 7. The molecule has 0 heterocycles. The van der Waals surface area contributed by atoms with Crippen molar-refractivity contribution in [2.75, 3.05) is 11.9 Å². The second kappa shape index (κ2) is 9.08. The molecule has 2 aromatic carbocycles. The fourth-order valence-electron chi connectivity index (χ4n) is 2.57. The highest BCUT2D eigenvalue weighted by Crippen LogP contribution is 2.18. The molecule has 0 fully saturated rings. The van der Waals surface area contributed by atoms with Gasteiger partial charge in [-0.1, -0.05) is 62.4 Å². The van der Waals surface area contributed by atoms with Crippen LogP contribution in [0.2, 0.25) is 0 Å². The summed E-state index contributed by atoms with van der Waals surface area (Å²) in [5, 5.41) is 1.53. The van der Waals surface area contributed by atoms with E-state index in [0.717, 1.165) is 24.1 Å². The van der Waals surface area contributed by atoms with E-state index < -0.39 is 0 Å². The van der Waals surface area contributed by atoms with Gasteiger partial charge in [0, 0.05) is 12.7 Å². The van der Waals surface area contributed by atoms with Crippen molar-refractivity contribution in [3.8, 4) is 0 Å². The van der Waals surface area contributed by atoms with Gasteiger partial charge >= 0.3 is 6.03 Å². The highest BCUT2D eigenvalue weighted by atomic mass is 16.7. The van der Waals surface area contributed by atoms with Crippen LogP contribution in [0.1, 0.15) is 32.3 Å². The third-order valence-electron chi connectivity index (χ3n) is 4.11. The molecular weight excluding hydrogens is 300 g/mol. The van der Waals surface area contributed by atoms with Crippen molar-refractivity contribution in [1.82, 2.24) is 5.06 Å². The van der Waals surface area contributed by atoms with Gasteiger partial charge in [0.15, 0.2) is 0 Å². The van der Waals surface area contributed by atoms with E-state index >= 15 is 0 Å². The summed E-state index contributed by atoms with van der Waals surface area (Å²) in [6, 6.07) is 19.4. The molecule has 0 aliphatic carbocycles. The highest BCUT2D eigenvalue weighted by Gasteiger charge is 2.26. The number of anilines is 1. The SMILES string of the molecule is CCC(CC)N(OCc1ccccc1)C(=O)N(C)c1ccccc1. The number of para-hydroxylation sites is 1. The van der Waals surface area contributed by atoms with Gasteiger partial charge in [0.05, 0.1) is 6.04 Å². The monoisotopic (exact) mass is 326 g/mol. The Morgan fingerprint density at radius 1 is 0.958 bits per heavy atom. The molecule has 0 saturated carbocycles. The van der Waals surface area contributed by atoms with Crippen LogP contribution in [0, 0.1) is 0 Å². The molecule has 0 atom stereocenters. The molecule has 0 aromatic heterocycles. The summed E-state index contributed by atoms with van der Waals surface area (Å²) in [6.07, 6.45) is 1.69. The molecule has 0 bridgehead atoms. The fraction of sp³-hybridized carbons (Fsp3) is 0.350. The molecule has 2 amide bonds. The van der Waals surface area contributed by atoms with Gasteiger partial charge in [-0.2, -0.15) is 5.06 Å². The maximum absolute atomic E-state index is 13.0. The molecule has 0 aliphatic rings. The topological polar surface area (TPSA) is 32.8 Å².